The van der Waals surface area contributed by atoms with Crippen LogP contribution in [0.15, 0.2) is 18.2 Å². The number of nitrogens with two attached hydrogens (primary N) is 1. The molecule has 3 N–H and O–H groups in total. The molecule has 1 aliphatic carbocycles. The number of fused-ring (bicyclic) bond motifs is 1. The molecule has 0 heterocycles. The van der Waals surface area contributed by atoms with Gasteiger partial charge in [-0.1, -0.05) is 19.9 Å². The van der Waals surface area contributed by atoms with E-state index in [0.717, 1.165) is 24.1 Å². The highest BCUT2D eigenvalue weighted by Gasteiger charge is 2.39. The topological polar surface area (TPSA) is 46.2 Å². The lowest BCUT2D eigenvalue weighted by molar-refractivity contribution is -0.00817. The van der Waals surface area contributed by atoms with Gasteiger partial charge in [0, 0.05) is 5.69 Å². The van der Waals surface area contributed by atoms with Gasteiger partial charge in [-0.2, -0.15) is 0 Å². The van der Waals surface area contributed by atoms with E-state index in [2.05, 4.69) is 13.8 Å². The maximum absolute atomic E-state index is 10.5. The van der Waals surface area contributed by atoms with Crippen LogP contribution in [0.2, 0.25) is 0 Å². The number of aryl methyl sites for hydroxylation is 1. The maximum atomic E-state index is 10.5. The third-order valence-corrected chi connectivity index (χ3v) is 3.33. The first kappa shape index (κ1) is 9.53. The molecule has 0 aromatic heterocycles. The molecule has 1 aromatic rings. The lowest BCUT2D eigenvalue weighted by Crippen LogP contribution is -2.28. The highest BCUT2D eigenvalue weighted by atomic mass is 16.3. The zero-order valence-electron chi connectivity index (χ0n) is 8.75. The summed E-state index contributed by atoms with van der Waals surface area (Å²) >= 11 is 0. The molecule has 0 saturated heterocycles. The second kappa shape index (κ2) is 2.99. The average Bonchev–Trinajstić information content (AvgIpc) is 2.45. The van der Waals surface area contributed by atoms with E-state index in [-0.39, 0.29) is 5.92 Å². The number of hydrogen-bond donors (Lipinski definition) is 2. The van der Waals surface area contributed by atoms with Crippen LogP contribution in [0.4, 0.5) is 5.69 Å². The minimum absolute atomic E-state index is 0.257. The Labute approximate surface area is 84.7 Å². The Kier molecular flexibility index (Phi) is 2.04. The quantitative estimate of drug-likeness (QED) is 0.667. The monoisotopic (exact) mass is 191 g/mol. The van der Waals surface area contributed by atoms with Crippen LogP contribution >= 0.6 is 0 Å². The fraction of sp³-hybridized carbons (Fsp3) is 0.500. The normalized spacial score (nSPS) is 25.4. The maximum Gasteiger partial charge on any atom is 0.0925 e. The molecule has 2 nitrogen and oxygen atoms in total. The van der Waals surface area contributed by atoms with Gasteiger partial charge in [-0.05, 0) is 42.0 Å². The van der Waals surface area contributed by atoms with Crippen LogP contribution in [-0.2, 0) is 12.0 Å². The first-order valence-electron chi connectivity index (χ1n) is 5.15. The van der Waals surface area contributed by atoms with Crippen LogP contribution in [-0.4, -0.2) is 5.11 Å². The van der Waals surface area contributed by atoms with Crippen LogP contribution in [0.3, 0.4) is 0 Å². The van der Waals surface area contributed by atoms with Crippen molar-refractivity contribution < 1.29 is 5.11 Å². The van der Waals surface area contributed by atoms with Gasteiger partial charge < -0.3 is 10.8 Å². The summed E-state index contributed by atoms with van der Waals surface area (Å²) in [6, 6.07) is 5.82. The van der Waals surface area contributed by atoms with Crippen molar-refractivity contribution in [3.63, 3.8) is 0 Å². The standard InChI is InChI=1S/C12H17NO/c1-8(2)12(14)6-5-9-7-10(13)3-4-11(9)12/h3-4,7-8,14H,5-6,13H2,1-2H3. The summed E-state index contributed by atoms with van der Waals surface area (Å²) in [6.45, 7) is 4.12. The van der Waals surface area contributed by atoms with Crippen molar-refractivity contribution in [2.24, 2.45) is 5.92 Å². The van der Waals surface area contributed by atoms with Gasteiger partial charge in [0.1, 0.15) is 0 Å². The molecule has 76 valence electrons. The van der Waals surface area contributed by atoms with Crippen molar-refractivity contribution in [2.75, 3.05) is 5.73 Å². The molecule has 14 heavy (non-hydrogen) atoms. The number of rotatable bonds is 1. The average molecular weight is 191 g/mol. The Balaban J connectivity index is 2.49. The summed E-state index contributed by atoms with van der Waals surface area (Å²) in [7, 11) is 0. The molecule has 0 bridgehead atoms. The van der Waals surface area contributed by atoms with E-state index >= 15 is 0 Å². The fourth-order valence-electron chi connectivity index (χ4n) is 2.30. The summed E-state index contributed by atoms with van der Waals surface area (Å²) in [4.78, 5) is 0. The van der Waals surface area contributed by atoms with Crippen molar-refractivity contribution in [1.29, 1.82) is 0 Å². The number of hydrogen-bond acceptors (Lipinski definition) is 2. The van der Waals surface area contributed by atoms with Gasteiger partial charge in [0.15, 0.2) is 0 Å². The van der Waals surface area contributed by atoms with Crippen molar-refractivity contribution >= 4 is 5.69 Å². The smallest absolute Gasteiger partial charge is 0.0925 e. The summed E-state index contributed by atoms with van der Waals surface area (Å²) < 4.78 is 0. The Morgan fingerprint density at radius 2 is 2.14 bits per heavy atom. The lowest BCUT2D eigenvalue weighted by atomic mass is 9.85. The van der Waals surface area contributed by atoms with Crippen LogP contribution < -0.4 is 5.73 Å². The molecule has 2 rings (SSSR count). The molecular weight excluding hydrogens is 174 g/mol. The molecule has 0 saturated carbocycles. The van der Waals surface area contributed by atoms with Crippen molar-refractivity contribution in [3.8, 4) is 0 Å². The molecule has 0 amide bonds. The first-order chi connectivity index (χ1) is 6.54. The Morgan fingerprint density at radius 1 is 1.43 bits per heavy atom. The fourth-order valence-corrected chi connectivity index (χ4v) is 2.30. The molecule has 0 radical (unpaired) electrons. The third-order valence-electron chi connectivity index (χ3n) is 3.33. The highest BCUT2D eigenvalue weighted by molar-refractivity contribution is 5.49. The van der Waals surface area contributed by atoms with Gasteiger partial charge in [0.05, 0.1) is 5.60 Å². The van der Waals surface area contributed by atoms with Gasteiger partial charge in [-0.3, -0.25) is 0 Å². The molecule has 2 heteroatoms. The predicted molar refractivity (Wildman–Crippen MR) is 57.9 cm³/mol. The van der Waals surface area contributed by atoms with Gasteiger partial charge >= 0.3 is 0 Å². The highest BCUT2D eigenvalue weighted by Crippen LogP contribution is 2.42. The Morgan fingerprint density at radius 3 is 2.79 bits per heavy atom. The largest absolute Gasteiger partial charge is 0.399 e. The van der Waals surface area contributed by atoms with Crippen LogP contribution in [0.5, 0.6) is 0 Å². The molecule has 1 atom stereocenters. The molecule has 0 spiro atoms. The first-order valence-corrected chi connectivity index (χ1v) is 5.15. The van der Waals surface area contributed by atoms with Gasteiger partial charge in [-0.25, -0.2) is 0 Å². The molecular formula is C12H17NO. The zero-order chi connectivity index (χ0) is 10.3. The van der Waals surface area contributed by atoms with Crippen LogP contribution in [0.1, 0.15) is 31.4 Å². The van der Waals surface area contributed by atoms with E-state index in [1.54, 1.807) is 0 Å². The number of aliphatic hydroxyl groups is 1. The molecule has 0 fully saturated rings. The Hall–Kier alpha value is -1.02. The predicted octanol–water partition coefficient (Wildman–Crippen LogP) is 2.06. The lowest BCUT2D eigenvalue weighted by Gasteiger charge is -2.28. The summed E-state index contributed by atoms with van der Waals surface area (Å²) in [5, 5.41) is 10.5. The van der Waals surface area contributed by atoms with Crippen molar-refractivity contribution in [3.05, 3.63) is 29.3 Å². The zero-order valence-corrected chi connectivity index (χ0v) is 8.75. The van der Waals surface area contributed by atoms with Gasteiger partial charge in [-0.15, -0.1) is 0 Å². The van der Waals surface area contributed by atoms with Crippen molar-refractivity contribution in [2.45, 2.75) is 32.3 Å². The second-order valence-electron chi connectivity index (χ2n) is 4.50. The number of benzene rings is 1. The van der Waals surface area contributed by atoms with E-state index in [9.17, 15) is 5.11 Å². The molecule has 1 aromatic carbocycles. The third kappa shape index (κ3) is 1.22. The van der Waals surface area contributed by atoms with Crippen LogP contribution in [0.25, 0.3) is 0 Å². The van der Waals surface area contributed by atoms with E-state index in [0.29, 0.717) is 0 Å². The summed E-state index contributed by atoms with van der Waals surface area (Å²) in [6.07, 6.45) is 1.76. The molecule has 1 aliphatic rings. The summed E-state index contributed by atoms with van der Waals surface area (Å²) in [5.74, 6) is 0.257. The van der Waals surface area contributed by atoms with E-state index in [1.165, 1.54) is 5.56 Å². The SMILES string of the molecule is CC(C)C1(O)CCc2cc(N)ccc21. The van der Waals surface area contributed by atoms with Gasteiger partial charge in [0.25, 0.3) is 0 Å². The minimum atomic E-state index is -0.636. The van der Waals surface area contributed by atoms with E-state index in [1.807, 2.05) is 18.2 Å². The van der Waals surface area contributed by atoms with E-state index in [4.69, 9.17) is 5.73 Å². The molecule has 0 aliphatic heterocycles. The minimum Gasteiger partial charge on any atom is -0.399 e. The summed E-state index contributed by atoms with van der Waals surface area (Å²) in [5.41, 5.74) is 8.15. The molecule has 1 unspecified atom stereocenters. The van der Waals surface area contributed by atoms with Crippen LogP contribution in [0, 0.1) is 5.92 Å². The Bertz CT molecular complexity index is 359. The van der Waals surface area contributed by atoms with E-state index < -0.39 is 5.60 Å². The number of nitrogen functional groups attached to an aromatic ring is 1. The number of anilines is 1. The van der Waals surface area contributed by atoms with Crippen molar-refractivity contribution in [1.82, 2.24) is 0 Å². The second-order valence-corrected chi connectivity index (χ2v) is 4.50. The van der Waals surface area contributed by atoms with Gasteiger partial charge in [0.2, 0.25) is 0 Å².